The summed E-state index contributed by atoms with van der Waals surface area (Å²) in [5.41, 5.74) is 4.78. The predicted octanol–water partition coefficient (Wildman–Crippen LogP) is 1.59. The Hall–Kier alpha value is -0.910. The van der Waals surface area contributed by atoms with E-state index in [1.54, 1.807) is 0 Å². The third-order valence-corrected chi connectivity index (χ3v) is 5.54. The van der Waals surface area contributed by atoms with Crippen LogP contribution in [0.25, 0.3) is 0 Å². The van der Waals surface area contributed by atoms with Gasteiger partial charge in [-0.3, -0.25) is 20.9 Å². The van der Waals surface area contributed by atoms with Crippen molar-refractivity contribution in [2.75, 3.05) is 13.1 Å². The SMILES string of the molecule is Cn1cc(CCC(NN)C2(N3CCCC3)CCCC2)cn1. The van der Waals surface area contributed by atoms with Crippen molar-refractivity contribution in [2.45, 2.75) is 62.9 Å². The summed E-state index contributed by atoms with van der Waals surface area (Å²) in [6.07, 6.45) is 14.2. The quantitative estimate of drug-likeness (QED) is 0.617. The highest BCUT2D eigenvalue weighted by molar-refractivity contribution is 5.08. The van der Waals surface area contributed by atoms with Crippen LogP contribution in [-0.4, -0.2) is 39.4 Å². The lowest BCUT2D eigenvalue weighted by Gasteiger charge is -2.45. The zero-order chi connectivity index (χ0) is 14.7. The summed E-state index contributed by atoms with van der Waals surface area (Å²) in [4.78, 5) is 2.73. The summed E-state index contributed by atoms with van der Waals surface area (Å²) < 4.78 is 1.88. The van der Waals surface area contributed by atoms with E-state index in [-0.39, 0.29) is 0 Å². The fraction of sp³-hybridized carbons (Fsp3) is 0.812. The Bertz CT molecular complexity index is 443. The first-order valence-electron chi connectivity index (χ1n) is 8.43. The normalized spacial score (nSPS) is 23.7. The number of hydrogen-bond acceptors (Lipinski definition) is 4. The van der Waals surface area contributed by atoms with Gasteiger partial charge in [0.2, 0.25) is 0 Å². The van der Waals surface area contributed by atoms with Crippen LogP contribution >= 0.6 is 0 Å². The van der Waals surface area contributed by atoms with Crippen molar-refractivity contribution < 1.29 is 0 Å². The number of aromatic nitrogens is 2. The number of hydrazine groups is 1. The highest BCUT2D eigenvalue weighted by Gasteiger charge is 2.45. The first-order chi connectivity index (χ1) is 10.2. The summed E-state index contributed by atoms with van der Waals surface area (Å²) in [5.74, 6) is 5.98. The molecule has 1 aromatic heterocycles. The van der Waals surface area contributed by atoms with Gasteiger partial charge >= 0.3 is 0 Å². The van der Waals surface area contributed by atoms with E-state index in [2.05, 4.69) is 21.6 Å². The number of nitrogens with zero attached hydrogens (tertiary/aromatic N) is 3. The monoisotopic (exact) mass is 291 g/mol. The summed E-state index contributed by atoms with van der Waals surface area (Å²) >= 11 is 0. The molecule has 1 aromatic rings. The molecule has 2 fully saturated rings. The Morgan fingerprint density at radius 3 is 2.57 bits per heavy atom. The van der Waals surface area contributed by atoms with Crippen LogP contribution in [0.2, 0.25) is 0 Å². The lowest BCUT2D eigenvalue weighted by Crippen LogP contribution is -2.60. The van der Waals surface area contributed by atoms with Crippen LogP contribution < -0.4 is 11.3 Å². The molecule has 2 heterocycles. The second kappa shape index (κ2) is 6.46. The fourth-order valence-electron chi connectivity index (χ4n) is 4.45. The maximum absolute atomic E-state index is 5.98. The zero-order valence-electron chi connectivity index (χ0n) is 13.2. The first-order valence-corrected chi connectivity index (χ1v) is 8.43. The molecule has 1 saturated carbocycles. The van der Waals surface area contributed by atoms with E-state index in [1.807, 2.05) is 17.9 Å². The van der Waals surface area contributed by atoms with Gasteiger partial charge < -0.3 is 0 Å². The van der Waals surface area contributed by atoms with Gasteiger partial charge in [-0.15, -0.1) is 0 Å². The number of nitrogens with two attached hydrogens (primary N) is 1. The molecule has 5 heteroatoms. The van der Waals surface area contributed by atoms with Gasteiger partial charge in [0.25, 0.3) is 0 Å². The van der Waals surface area contributed by atoms with E-state index in [1.165, 1.54) is 57.2 Å². The molecule has 118 valence electrons. The smallest absolute Gasteiger partial charge is 0.0521 e. The second-order valence-corrected chi connectivity index (χ2v) is 6.79. The number of rotatable bonds is 6. The van der Waals surface area contributed by atoms with Crippen molar-refractivity contribution in [3.8, 4) is 0 Å². The molecule has 0 bridgehead atoms. The Kier molecular flexibility index (Phi) is 4.62. The molecule has 0 amide bonds. The molecular formula is C16H29N5. The van der Waals surface area contributed by atoms with Gasteiger partial charge in [0.1, 0.15) is 0 Å². The minimum atomic E-state index is 0.299. The van der Waals surface area contributed by atoms with E-state index in [0.29, 0.717) is 11.6 Å². The predicted molar refractivity (Wildman–Crippen MR) is 84.6 cm³/mol. The molecule has 0 aromatic carbocycles. The molecule has 21 heavy (non-hydrogen) atoms. The third kappa shape index (κ3) is 3.00. The molecule has 0 spiro atoms. The summed E-state index contributed by atoms with van der Waals surface area (Å²) in [7, 11) is 1.98. The van der Waals surface area contributed by atoms with Gasteiger partial charge in [0.05, 0.1) is 6.20 Å². The van der Waals surface area contributed by atoms with Crippen molar-refractivity contribution in [2.24, 2.45) is 12.9 Å². The Morgan fingerprint density at radius 1 is 1.29 bits per heavy atom. The molecule has 5 nitrogen and oxygen atoms in total. The van der Waals surface area contributed by atoms with E-state index in [9.17, 15) is 0 Å². The number of likely N-dealkylation sites (tertiary alicyclic amines) is 1. The van der Waals surface area contributed by atoms with E-state index in [4.69, 9.17) is 5.84 Å². The lowest BCUT2D eigenvalue weighted by atomic mass is 9.83. The number of hydrogen-bond donors (Lipinski definition) is 2. The molecule has 1 aliphatic heterocycles. The summed E-state index contributed by atoms with van der Waals surface area (Å²) in [6.45, 7) is 2.51. The van der Waals surface area contributed by atoms with Crippen LogP contribution in [-0.2, 0) is 13.5 Å². The van der Waals surface area contributed by atoms with Crippen molar-refractivity contribution in [3.05, 3.63) is 18.0 Å². The van der Waals surface area contributed by atoms with Gasteiger partial charge in [0, 0.05) is 24.8 Å². The molecule has 1 saturated heterocycles. The molecular weight excluding hydrogens is 262 g/mol. The van der Waals surface area contributed by atoms with Gasteiger partial charge in [-0.05, 0) is 57.2 Å². The van der Waals surface area contributed by atoms with Crippen molar-refractivity contribution in [3.63, 3.8) is 0 Å². The van der Waals surface area contributed by atoms with Crippen LogP contribution in [0.4, 0.5) is 0 Å². The number of aryl methyl sites for hydroxylation is 2. The maximum atomic E-state index is 5.98. The Labute approximate surface area is 127 Å². The highest BCUT2D eigenvalue weighted by atomic mass is 15.3. The van der Waals surface area contributed by atoms with Crippen LogP contribution in [0.5, 0.6) is 0 Å². The van der Waals surface area contributed by atoms with Crippen molar-refractivity contribution >= 4 is 0 Å². The van der Waals surface area contributed by atoms with E-state index < -0.39 is 0 Å². The van der Waals surface area contributed by atoms with Crippen LogP contribution in [0.3, 0.4) is 0 Å². The minimum absolute atomic E-state index is 0.299. The van der Waals surface area contributed by atoms with Crippen LogP contribution in [0.1, 0.15) is 50.5 Å². The lowest BCUT2D eigenvalue weighted by molar-refractivity contribution is 0.0731. The maximum Gasteiger partial charge on any atom is 0.0521 e. The molecule has 1 atom stereocenters. The average molecular weight is 291 g/mol. The molecule has 3 N–H and O–H groups in total. The highest BCUT2D eigenvalue weighted by Crippen LogP contribution is 2.41. The molecule has 1 aliphatic carbocycles. The van der Waals surface area contributed by atoms with Gasteiger partial charge in [-0.25, -0.2) is 0 Å². The fourth-order valence-corrected chi connectivity index (χ4v) is 4.45. The van der Waals surface area contributed by atoms with E-state index >= 15 is 0 Å². The number of nitrogens with one attached hydrogen (secondary N) is 1. The van der Waals surface area contributed by atoms with Crippen molar-refractivity contribution in [1.29, 1.82) is 0 Å². The minimum Gasteiger partial charge on any atom is -0.296 e. The molecule has 1 unspecified atom stereocenters. The zero-order valence-corrected chi connectivity index (χ0v) is 13.2. The van der Waals surface area contributed by atoms with Crippen LogP contribution in [0, 0.1) is 0 Å². The first kappa shape index (κ1) is 15.0. The third-order valence-electron chi connectivity index (χ3n) is 5.54. The summed E-state index contributed by atoms with van der Waals surface area (Å²) in [6, 6.07) is 0.387. The molecule has 2 aliphatic rings. The topological polar surface area (TPSA) is 59.1 Å². The summed E-state index contributed by atoms with van der Waals surface area (Å²) in [5, 5.41) is 4.27. The van der Waals surface area contributed by atoms with Gasteiger partial charge in [-0.1, -0.05) is 12.8 Å². The van der Waals surface area contributed by atoms with Crippen LogP contribution in [0.15, 0.2) is 12.4 Å². The average Bonchev–Trinajstić information content (AvgIpc) is 3.20. The standard InChI is InChI=1S/C16H29N5/c1-20-13-14(12-18-20)6-7-15(19-17)16(8-2-3-9-16)21-10-4-5-11-21/h12-13,15,19H,2-11,17H2,1H3. The van der Waals surface area contributed by atoms with Crippen molar-refractivity contribution in [1.82, 2.24) is 20.1 Å². The Morgan fingerprint density at radius 2 is 2.00 bits per heavy atom. The molecule has 3 rings (SSSR count). The Balaban J connectivity index is 1.69. The molecule has 0 radical (unpaired) electrons. The second-order valence-electron chi connectivity index (χ2n) is 6.79. The van der Waals surface area contributed by atoms with E-state index in [0.717, 1.165) is 12.8 Å². The van der Waals surface area contributed by atoms with Gasteiger partial charge in [-0.2, -0.15) is 5.10 Å². The largest absolute Gasteiger partial charge is 0.296 e. The van der Waals surface area contributed by atoms with Gasteiger partial charge in [0.15, 0.2) is 0 Å².